The highest BCUT2D eigenvalue weighted by atomic mass is 31.2. The molecule has 0 amide bonds. The summed E-state index contributed by atoms with van der Waals surface area (Å²) in [5, 5.41) is 9.52. The van der Waals surface area contributed by atoms with E-state index in [4.69, 9.17) is 33.2 Å². The number of aliphatic imine (C=N–C) groups is 1. The molecule has 2 aliphatic heterocycles. The van der Waals surface area contributed by atoms with Crippen LogP contribution in [0.1, 0.15) is 74.6 Å². The third-order valence-corrected chi connectivity index (χ3v) is 13.4. The van der Waals surface area contributed by atoms with E-state index < -0.39 is 38.1 Å². The summed E-state index contributed by atoms with van der Waals surface area (Å²) in [6.45, 7) is 12.8. The molecule has 1 fully saturated rings. The smallest absolute Gasteiger partial charge is 0.280 e. The summed E-state index contributed by atoms with van der Waals surface area (Å²) in [4.78, 5) is 32.5. The number of hydrogen-bond donors (Lipinski definition) is 1. The molecule has 0 radical (unpaired) electrons. The van der Waals surface area contributed by atoms with Crippen LogP contribution in [-0.4, -0.2) is 87.0 Å². The van der Waals surface area contributed by atoms with Gasteiger partial charge in [-0.2, -0.15) is 10.2 Å². The minimum Gasteiger partial charge on any atom is -0.457 e. The Morgan fingerprint density at radius 3 is 2.20 bits per heavy atom. The second kappa shape index (κ2) is 19.1. The number of nitrogens with one attached hydrogen (secondary N) is 1. The van der Waals surface area contributed by atoms with Crippen molar-refractivity contribution < 1.29 is 23.3 Å². The average molecular weight is 883 g/mol. The van der Waals surface area contributed by atoms with Gasteiger partial charge in [-0.15, -0.1) is 0 Å². The first-order valence-corrected chi connectivity index (χ1v) is 22.8. The Labute approximate surface area is 375 Å². The first kappa shape index (κ1) is 44.8. The standard InChI is InChI=1S/C49H55N8O6P/c1-31(2)57(32(3)4)64(60-25-15-24-50)63-41-28-43(56-45(35-16-11-9-12-17-35)52-44-46(56)53-48(54-47(44)58)51-30-55(7)8)62-42(41)29-59-49(36-18-13-10-14-19-36)37-26-33(5)20-22-39(37)61-40-23-21-34(6)27-38(40)49/h9-14,16-23,26-27,30-32,41-43H,15,25,28-29H2,1-8H3,(H,53,54,58)/b51-30+/t41-,42+,43+,64?/m0/s1. The van der Waals surface area contributed by atoms with Gasteiger partial charge in [0.05, 0.1) is 38.1 Å². The first-order chi connectivity index (χ1) is 30.9. The number of fused-ring (bicyclic) bond motifs is 3. The zero-order valence-electron chi connectivity index (χ0n) is 37.6. The van der Waals surface area contributed by atoms with E-state index in [0.29, 0.717) is 29.4 Å². The summed E-state index contributed by atoms with van der Waals surface area (Å²) in [5.74, 6) is 2.03. The molecule has 0 saturated carbocycles. The molecule has 64 heavy (non-hydrogen) atoms. The number of nitriles is 1. The van der Waals surface area contributed by atoms with Crippen molar-refractivity contribution in [1.82, 2.24) is 29.1 Å². The molecule has 15 heteroatoms. The molecule has 0 aliphatic carbocycles. The molecule has 4 aromatic carbocycles. The fraction of sp³-hybridized carbons (Fsp3) is 0.367. The van der Waals surface area contributed by atoms with Crippen molar-refractivity contribution in [2.75, 3.05) is 27.3 Å². The van der Waals surface area contributed by atoms with Crippen LogP contribution in [0.25, 0.3) is 22.6 Å². The van der Waals surface area contributed by atoms with Gasteiger partial charge in [0.25, 0.3) is 14.1 Å². The molecular formula is C49H55N8O6P. The number of rotatable bonds is 16. The van der Waals surface area contributed by atoms with E-state index in [2.05, 4.69) is 86.5 Å². The number of H-pyrrole nitrogens is 1. The van der Waals surface area contributed by atoms with Gasteiger partial charge in [0.2, 0.25) is 5.95 Å². The summed E-state index contributed by atoms with van der Waals surface area (Å²) in [6, 6.07) is 34.6. The second-order valence-corrected chi connectivity index (χ2v) is 18.4. The van der Waals surface area contributed by atoms with Gasteiger partial charge in [-0.25, -0.2) is 14.6 Å². The Morgan fingerprint density at radius 1 is 0.953 bits per heavy atom. The van der Waals surface area contributed by atoms with Crippen molar-refractivity contribution in [1.29, 1.82) is 5.26 Å². The molecule has 2 aliphatic rings. The lowest BCUT2D eigenvalue weighted by molar-refractivity contribution is -0.0927. The van der Waals surface area contributed by atoms with E-state index in [1.54, 1.807) is 11.2 Å². The van der Waals surface area contributed by atoms with E-state index in [0.717, 1.165) is 33.4 Å². The predicted molar refractivity (Wildman–Crippen MR) is 249 cm³/mol. The molecule has 4 heterocycles. The van der Waals surface area contributed by atoms with Gasteiger partial charge in [0.15, 0.2) is 16.8 Å². The van der Waals surface area contributed by atoms with Gasteiger partial charge < -0.3 is 28.2 Å². The Balaban J connectivity index is 1.28. The molecule has 332 valence electrons. The molecule has 1 saturated heterocycles. The van der Waals surface area contributed by atoms with E-state index >= 15 is 0 Å². The molecule has 4 atom stereocenters. The van der Waals surface area contributed by atoms with Crippen LogP contribution in [0.5, 0.6) is 11.5 Å². The van der Waals surface area contributed by atoms with Crippen molar-refractivity contribution in [3.8, 4) is 29.0 Å². The number of hydrogen-bond acceptors (Lipinski definition) is 11. The Hall–Kier alpha value is -5.78. The maximum Gasteiger partial charge on any atom is 0.280 e. The third kappa shape index (κ3) is 8.97. The third-order valence-electron chi connectivity index (χ3n) is 11.2. The zero-order chi connectivity index (χ0) is 45.1. The summed E-state index contributed by atoms with van der Waals surface area (Å²) in [6.07, 6.45) is 0.0921. The van der Waals surface area contributed by atoms with Gasteiger partial charge in [0, 0.05) is 49.3 Å². The van der Waals surface area contributed by atoms with Crippen LogP contribution in [-0.2, 0) is 24.1 Å². The number of aromatic amines is 1. The van der Waals surface area contributed by atoms with Gasteiger partial charge in [-0.3, -0.25) is 14.3 Å². The fourth-order valence-electron chi connectivity index (χ4n) is 8.51. The van der Waals surface area contributed by atoms with Gasteiger partial charge in [0.1, 0.15) is 29.7 Å². The lowest BCUT2D eigenvalue weighted by atomic mass is 9.77. The lowest BCUT2D eigenvalue weighted by Crippen LogP contribution is -2.41. The highest BCUT2D eigenvalue weighted by Gasteiger charge is 2.49. The fourth-order valence-corrected chi connectivity index (χ4v) is 10.3. The van der Waals surface area contributed by atoms with E-state index in [1.165, 1.54) is 0 Å². The first-order valence-electron chi connectivity index (χ1n) is 21.7. The Morgan fingerprint density at radius 2 is 1.59 bits per heavy atom. The molecule has 8 rings (SSSR count). The molecule has 0 spiro atoms. The van der Waals surface area contributed by atoms with Gasteiger partial charge in [-0.05, 0) is 71.4 Å². The number of aryl methyl sites for hydroxylation is 2. The lowest BCUT2D eigenvalue weighted by Gasteiger charge is -2.42. The van der Waals surface area contributed by atoms with Crippen molar-refractivity contribution >= 4 is 32.0 Å². The van der Waals surface area contributed by atoms with Gasteiger partial charge in [-0.1, -0.05) is 83.9 Å². The average Bonchev–Trinajstić information content (AvgIpc) is 3.86. The van der Waals surface area contributed by atoms with Crippen LogP contribution < -0.4 is 10.3 Å². The predicted octanol–water partition coefficient (Wildman–Crippen LogP) is 9.69. The number of benzene rings is 4. The zero-order valence-corrected chi connectivity index (χ0v) is 38.5. The molecule has 0 bridgehead atoms. The minimum absolute atomic E-state index is 0.0587. The number of nitrogens with zero attached hydrogens (tertiary/aromatic N) is 7. The normalized spacial score (nSPS) is 18.4. The molecular weight excluding hydrogens is 828 g/mol. The number of imidazole rings is 1. The van der Waals surface area contributed by atoms with E-state index in [-0.39, 0.29) is 43.2 Å². The SMILES string of the molecule is Cc1ccc2c(c1)C(OC[C@H]1O[C@@H](n3c(-c4ccccc4)nc4c(=O)[nH]c(/N=C/N(C)C)nc43)C[C@@H]1OP(OCCC#N)N(C(C)C)C(C)C)(c1ccccc1)c1cc(C)ccc1O2. The van der Waals surface area contributed by atoms with Crippen molar-refractivity contribution in [3.63, 3.8) is 0 Å². The summed E-state index contributed by atoms with van der Waals surface area (Å²) in [7, 11) is 1.98. The number of aromatic nitrogens is 4. The number of ether oxygens (including phenoxy) is 3. The minimum atomic E-state index is -1.70. The van der Waals surface area contributed by atoms with Crippen LogP contribution in [0.3, 0.4) is 0 Å². The Bertz CT molecular complexity index is 2660. The summed E-state index contributed by atoms with van der Waals surface area (Å²) >= 11 is 0. The van der Waals surface area contributed by atoms with Crippen LogP contribution in [0.2, 0.25) is 0 Å². The largest absolute Gasteiger partial charge is 0.457 e. The maximum atomic E-state index is 13.8. The highest BCUT2D eigenvalue weighted by molar-refractivity contribution is 7.44. The van der Waals surface area contributed by atoms with E-state index in [1.807, 2.05) is 91.5 Å². The topological polar surface area (TPSA) is 152 Å². The highest BCUT2D eigenvalue weighted by Crippen LogP contribution is 2.55. The van der Waals surface area contributed by atoms with Gasteiger partial charge >= 0.3 is 0 Å². The summed E-state index contributed by atoms with van der Waals surface area (Å²) < 4.78 is 39.1. The molecule has 6 aromatic rings. The molecule has 1 N–H and O–H groups in total. The van der Waals surface area contributed by atoms with Crippen molar-refractivity contribution in [2.45, 2.75) is 90.5 Å². The van der Waals surface area contributed by atoms with Crippen LogP contribution >= 0.6 is 8.53 Å². The quantitative estimate of drug-likeness (QED) is 0.0428. The van der Waals surface area contributed by atoms with Crippen molar-refractivity contribution in [3.05, 3.63) is 135 Å². The maximum absolute atomic E-state index is 13.8. The Kier molecular flexibility index (Phi) is 13.4. The summed E-state index contributed by atoms with van der Waals surface area (Å²) in [5.41, 5.74) is 4.49. The molecule has 1 unspecified atom stereocenters. The van der Waals surface area contributed by atoms with E-state index in [9.17, 15) is 10.1 Å². The van der Waals surface area contributed by atoms with Crippen LogP contribution in [0.15, 0.2) is 107 Å². The van der Waals surface area contributed by atoms with Crippen LogP contribution in [0.4, 0.5) is 5.95 Å². The molecule has 14 nitrogen and oxygen atoms in total. The van der Waals surface area contributed by atoms with Crippen molar-refractivity contribution in [2.24, 2.45) is 4.99 Å². The monoisotopic (exact) mass is 882 g/mol. The van der Waals surface area contributed by atoms with Crippen LogP contribution in [0, 0.1) is 25.2 Å². The second-order valence-electron chi connectivity index (χ2n) is 17.0. The molecule has 2 aromatic heterocycles.